The van der Waals surface area contributed by atoms with E-state index in [1.807, 2.05) is 12.1 Å². The summed E-state index contributed by atoms with van der Waals surface area (Å²) < 4.78 is 10.4. The van der Waals surface area contributed by atoms with E-state index in [9.17, 15) is 5.11 Å². The van der Waals surface area contributed by atoms with E-state index >= 15 is 0 Å². The fourth-order valence-corrected chi connectivity index (χ4v) is 1.64. The quantitative estimate of drug-likeness (QED) is 0.729. The minimum absolute atomic E-state index is 0.299. The molecule has 0 bridgehead atoms. The molecule has 0 heterocycles. The van der Waals surface area contributed by atoms with E-state index in [4.69, 9.17) is 21.1 Å². The molecule has 1 atom stereocenters. The van der Waals surface area contributed by atoms with Crippen molar-refractivity contribution in [3.8, 4) is 5.75 Å². The molecule has 0 aliphatic heterocycles. The fraction of sp³-hybridized carbons (Fsp3) is 0.538. The number of rotatable bonds is 8. The SMILES string of the molecule is COCCCCC(O)COc1cccc(Cl)c1. The molecular weight excluding hydrogens is 240 g/mol. The van der Waals surface area contributed by atoms with Crippen LogP contribution in [0.5, 0.6) is 5.75 Å². The van der Waals surface area contributed by atoms with Crippen LogP contribution in [-0.4, -0.2) is 31.5 Å². The summed E-state index contributed by atoms with van der Waals surface area (Å²) in [6.45, 7) is 1.04. The van der Waals surface area contributed by atoms with Crippen LogP contribution in [0.15, 0.2) is 24.3 Å². The van der Waals surface area contributed by atoms with Gasteiger partial charge in [-0.15, -0.1) is 0 Å². The second-order valence-electron chi connectivity index (χ2n) is 3.91. The highest BCUT2D eigenvalue weighted by Crippen LogP contribution is 2.17. The maximum atomic E-state index is 9.68. The smallest absolute Gasteiger partial charge is 0.120 e. The van der Waals surface area contributed by atoms with E-state index in [1.54, 1.807) is 19.2 Å². The number of hydrogen-bond donors (Lipinski definition) is 1. The highest BCUT2D eigenvalue weighted by Gasteiger charge is 2.05. The normalized spacial score (nSPS) is 12.4. The average Bonchev–Trinajstić information content (AvgIpc) is 2.32. The van der Waals surface area contributed by atoms with Gasteiger partial charge in [0.05, 0.1) is 6.10 Å². The lowest BCUT2D eigenvalue weighted by molar-refractivity contribution is 0.0944. The van der Waals surface area contributed by atoms with Gasteiger partial charge in [-0.05, 0) is 37.5 Å². The summed E-state index contributed by atoms with van der Waals surface area (Å²) in [5, 5.41) is 10.3. The second-order valence-corrected chi connectivity index (χ2v) is 4.35. The van der Waals surface area contributed by atoms with Gasteiger partial charge in [0.2, 0.25) is 0 Å². The maximum absolute atomic E-state index is 9.68. The molecule has 0 amide bonds. The van der Waals surface area contributed by atoms with Crippen molar-refractivity contribution in [2.45, 2.75) is 25.4 Å². The van der Waals surface area contributed by atoms with Gasteiger partial charge in [-0.25, -0.2) is 0 Å². The number of ether oxygens (including phenoxy) is 2. The first-order chi connectivity index (χ1) is 8.22. The Kier molecular flexibility index (Phi) is 7.01. The molecule has 0 radical (unpaired) electrons. The lowest BCUT2D eigenvalue weighted by atomic mass is 10.2. The maximum Gasteiger partial charge on any atom is 0.120 e. The Morgan fingerprint density at radius 2 is 2.18 bits per heavy atom. The average molecular weight is 259 g/mol. The Morgan fingerprint density at radius 1 is 1.35 bits per heavy atom. The molecule has 1 aromatic carbocycles. The van der Waals surface area contributed by atoms with Gasteiger partial charge in [0, 0.05) is 18.7 Å². The van der Waals surface area contributed by atoms with Crippen LogP contribution >= 0.6 is 11.6 Å². The number of aliphatic hydroxyl groups is 1. The third-order valence-electron chi connectivity index (χ3n) is 2.37. The number of unbranched alkanes of at least 4 members (excludes halogenated alkanes) is 1. The minimum atomic E-state index is -0.439. The summed E-state index contributed by atoms with van der Waals surface area (Å²) in [4.78, 5) is 0. The molecule has 0 spiro atoms. The summed E-state index contributed by atoms with van der Waals surface area (Å²) in [6, 6.07) is 7.17. The Morgan fingerprint density at radius 3 is 2.88 bits per heavy atom. The van der Waals surface area contributed by atoms with Crippen molar-refractivity contribution in [3.63, 3.8) is 0 Å². The number of hydrogen-bond acceptors (Lipinski definition) is 3. The zero-order chi connectivity index (χ0) is 12.5. The van der Waals surface area contributed by atoms with Gasteiger partial charge in [-0.3, -0.25) is 0 Å². The molecule has 1 unspecified atom stereocenters. The van der Waals surface area contributed by atoms with Crippen LogP contribution < -0.4 is 4.74 Å². The monoisotopic (exact) mass is 258 g/mol. The third-order valence-corrected chi connectivity index (χ3v) is 2.61. The summed E-state index contributed by atoms with van der Waals surface area (Å²) in [7, 11) is 1.68. The molecule has 0 aliphatic rings. The molecule has 0 fully saturated rings. The van der Waals surface area contributed by atoms with Crippen molar-refractivity contribution in [3.05, 3.63) is 29.3 Å². The fourth-order valence-electron chi connectivity index (χ4n) is 1.46. The molecule has 0 saturated carbocycles. The molecule has 4 heteroatoms. The summed E-state index contributed by atoms with van der Waals surface area (Å²) in [5.41, 5.74) is 0. The molecule has 1 N–H and O–H groups in total. The largest absolute Gasteiger partial charge is 0.491 e. The van der Waals surface area contributed by atoms with E-state index in [0.29, 0.717) is 17.4 Å². The predicted molar refractivity (Wildman–Crippen MR) is 68.7 cm³/mol. The minimum Gasteiger partial charge on any atom is -0.491 e. The van der Waals surface area contributed by atoms with Crippen molar-refractivity contribution < 1.29 is 14.6 Å². The van der Waals surface area contributed by atoms with E-state index in [0.717, 1.165) is 25.9 Å². The number of benzene rings is 1. The molecule has 96 valence electrons. The van der Waals surface area contributed by atoms with Crippen molar-refractivity contribution >= 4 is 11.6 Å². The van der Waals surface area contributed by atoms with E-state index < -0.39 is 6.10 Å². The van der Waals surface area contributed by atoms with Crippen molar-refractivity contribution in [2.75, 3.05) is 20.3 Å². The van der Waals surface area contributed by atoms with E-state index in [1.165, 1.54) is 0 Å². The van der Waals surface area contributed by atoms with Crippen molar-refractivity contribution in [1.29, 1.82) is 0 Å². The van der Waals surface area contributed by atoms with Gasteiger partial charge >= 0.3 is 0 Å². The van der Waals surface area contributed by atoms with Gasteiger partial charge in [0.25, 0.3) is 0 Å². The van der Waals surface area contributed by atoms with Crippen LogP contribution in [0.4, 0.5) is 0 Å². The van der Waals surface area contributed by atoms with Gasteiger partial charge < -0.3 is 14.6 Å². The standard InChI is InChI=1S/C13H19ClO3/c1-16-8-3-2-6-12(15)10-17-13-7-4-5-11(14)9-13/h4-5,7,9,12,15H,2-3,6,8,10H2,1H3. The zero-order valence-corrected chi connectivity index (χ0v) is 10.8. The van der Waals surface area contributed by atoms with Gasteiger partial charge in [0.15, 0.2) is 0 Å². The first-order valence-corrected chi connectivity index (χ1v) is 6.15. The summed E-state index contributed by atoms with van der Waals surface area (Å²) in [6.07, 6.45) is 2.19. The van der Waals surface area contributed by atoms with Crippen molar-refractivity contribution in [2.24, 2.45) is 0 Å². The molecule has 0 saturated heterocycles. The van der Waals surface area contributed by atoms with Gasteiger partial charge in [-0.1, -0.05) is 17.7 Å². The van der Waals surface area contributed by atoms with Crippen LogP contribution in [0.2, 0.25) is 5.02 Å². The molecule has 0 aromatic heterocycles. The Balaban J connectivity index is 2.17. The number of aliphatic hydroxyl groups excluding tert-OH is 1. The first kappa shape index (κ1) is 14.3. The number of methoxy groups -OCH3 is 1. The second kappa shape index (κ2) is 8.34. The predicted octanol–water partition coefficient (Wildman–Crippen LogP) is 2.90. The molecule has 0 aliphatic carbocycles. The number of halogens is 1. The zero-order valence-electron chi connectivity index (χ0n) is 10.1. The van der Waals surface area contributed by atoms with Gasteiger partial charge in [-0.2, -0.15) is 0 Å². The highest BCUT2D eigenvalue weighted by molar-refractivity contribution is 6.30. The summed E-state index contributed by atoms with van der Waals surface area (Å²) in [5.74, 6) is 0.688. The van der Waals surface area contributed by atoms with Gasteiger partial charge in [0.1, 0.15) is 12.4 Å². The van der Waals surface area contributed by atoms with E-state index in [-0.39, 0.29) is 0 Å². The molecule has 1 rings (SSSR count). The highest BCUT2D eigenvalue weighted by atomic mass is 35.5. The summed E-state index contributed by atoms with van der Waals surface area (Å²) >= 11 is 5.82. The molecule has 17 heavy (non-hydrogen) atoms. The van der Waals surface area contributed by atoms with Crippen LogP contribution in [0.25, 0.3) is 0 Å². The molecule has 3 nitrogen and oxygen atoms in total. The topological polar surface area (TPSA) is 38.7 Å². The third kappa shape index (κ3) is 6.51. The lowest BCUT2D eigenvalue weighted by Gasteiger charge is -2.12. The van der Waals surface area contributed by atoms with Crippen LogP contribution in [-0.2, 0) is 4.74 Å². The van der Waals surface area contributed by atoms with Crippen LogP contribution in [0, 0.1) is 0 Å². The molecular formula is C13H19ClO3. The Bertz CT molecular complexity index is 317. The molecule has 1 aromatic rings. The Labute approximate surface area is 107 Å². The van der Waals surface area contributed by atoms with Crippen LogP contribution in [0.3, 0.4) is 0 Å². The van der Waals surface area contributed by atoms with Crippen LogP contribution in [0.1, 0.15) is 19.3 Å². The Hall–Kier alpha value is -0.770. The first-order valence-electron chi connectivity index (χ1n) is 5.77. The van der Waals surface area contributed by atoms with E-state index in [2.05, 4.69) is 0 Å². The lowest BCUT2D eigenvalue weighted by Crippen LogP contribution is -2.17. The van der Waals surface area contributed by atoms with Crippen molar-refractivity contribution in [1.82, 2.24) is 0 Å².